The first kappa shape index (κ1) is 56.0. The van der Waals surface area contributed by atoms with E-state index in [1.54, 1.807) is 0 Å². The van der Waals surface area contributed by atoms with E-state index in [4.69, 9.17) is 8.83 Å². The molecule has 0 saturated heterocycles. The number of furan rings is 2. The number of nitrogens with zero attached hydrogens (tertiary/aromatic N) is 2. The molecule has 4 heteroatoms. The molecule has 16 aromatic carbocycles. The number of para-hydroxylation sites is 2. The van der Waals surface area contributed by atoms with E-state index in [1.165, 1.54) is 54.9 Å². The van der Waals surface area contributed by atoms with E-state index in [1.807, 2.05) is 12.1 Å². The van der Waals surface area contributed by atoms with Gasteiger partial charge in [0.1, 0.15) is 22.3 Å². The maximum Gasteiger partial charge on any atom is 0.143 e. The van der Waals surface area contributed by atoms with Gasteiger partial charge in [0.15, 0.2) is 0 Å². The molecule has 0 unspecified atom stereocenters. The van der Waals surface area contributed by atoms with E-state index in [0.717, 1.165) is 123 Å². The first-order chi connectivity index (χ1) is 47.5. The molecule has 0 atom stereocenters. The molecule has 0 spiro atoms. The molecule has 0 fully saturated rings. The van der Waals surface area contributed by atoms with E-state index in [9.17, 15) is 0 Å². The molecule has 0 amide bonds. The van der Waals surface area contributed by atoms with Crippen molar-refractivity contribution >= 4 is 99.5 Å². The van der Waals surface area contributed by atoms with E-state index in [-0.39, 0.29) is 0 Å². The van der Waals surface area contributed by atoms with Gasteiger partial charge < -0.3 is 18.6 Å². The summed E-state index contributed by atoms with van der Waals surface area (Å²) < 4.78 is 13.1. The molecule has 0 aliphatic carbocycles. The SMILES string of the molecule is c1ccc(-c2ccc(N(c3ccc(-c4cccc(-c5ccc6oc7c(-c8ccc(N(c9ccc(-c%10cccc%11ccccc%10%11)cc9)c9ccc(-c%10cccc%11ccccc%10%11)cc9)cc8)cccc7c6c5)c4)cc3)c3ccc(-c4ccc5c(c4)oc4ccccc45)cc3)cc2)cc1. The molecule has 2 aromatic heterocycles. The van der Waals surface area contributed by atoms with Crippen molar-refractivity contribution in [1.82, 2.24) is 0 Å². The number of benzene rings is 16. The van der Waals surface area contributed by atoms with Crippen LogP contribution >= 0.6 is 0 Å². The van der Waals surface area contributed by atoms with Crippen LogP contribution in [-0.4, -0.2) is 0 Å². The Bertz CT molecular complexity index is 5780. The first-order valence-corrected chi connectivity index (χ1v) is 32.8. The standard InChI is InChI=1S/C92H60N2O2/c1-2-14-61(15-3-1)62-30-44-74(45-31-62)93(76-48-34-64(35-49-76)73-42-56-86-85-24-8-9-29-89(85)95-91(86)60-73)75-46-32-63(33-47-75)70-20-10-21-71(58-70)72-43-57-90-88(59-72)87-28-13-27-84(92(87)96-90)69-40-54-79(55-41-69)94(77-50-36-67(37-51-77)82-25-11-18-65-16-4-6-22-80(65)82)78-52-38-68(39-53-78)83-26-12-19-66-17-5-7-23-81(66)83/h1-60H. The Balaban J connectivity index is 0.638. The smallest absolute Gasteiger partial charge is 0.143 e. The second-order valence-corrected chi connectivity index (χ2v) is 24.8. The second-order valence-electron chi connectivity index (χ2n) is 24.8. The highest BCUT2D eigenvalue weighted by Gasteiger charge is 2.20. The molecule has 2 heterocycles. The lowest BCUT2D eigenvalue weighted by molar-refractivity contribution is 0.669. The van der Waals surface area contributed by atoms with E-state index >= 15 is 0 Å². The molecule has 0 aliphatic rings. The van der Waals surface area contributed by atoms with Gasteiger partial charge in [-0.2, -0.15) is 0 Å². The highest BCUT2D eigenvalue weighted by molar-refractivity contribution is 6.11. The number of fused-ring (bicyclic) bond motifs is 8. The molecule has 4 nitrogen and oxygen atoms in total. The molecule has 18 rings (SSSR count). The van der Waals surface area contributed by atoms with E-state index in [0.29, 0.717) is 0 Å². The van der Waals surface area contributed by atoms with Crippen LogP contribution in [0.3, 0.4) is 0 Å². The van der Waals surface area contributed by atoms with Crippen molar-refractivity contribution in [2.45, 2.75) is 0 Å². The van der Waals surface area contributed by atoms with Gasteiger partial charge in [-0.15, -0.1) is 0 Å². The minimum Gasteiger partial charge on any atom is -0.456 e. The largest absolute Gasteiger partial charge is 0.456 e. The van der Waals surface area contributed by atoms with Crippen molar-refractivity contribution in [3.05, 3.63) is 364 Å². The Morgan fingerprint density at radius 3 is 1.05 bits per heavy atom. The van der Waals surface area contributed by atoms with Crippen LogP contribution in [-0.2, 0) is 0 Å². The van der Waals surface area contributed by atoms with Crippen molar-refractivity contribution in [3.63, 3.8) is 0 Å². The molecular formula is C92H60N2O2. The predicted octanol–water partition coefficient (Wildman–Crippen LogP) is 26.4. The maximum atomic E-state index is 6.84. The molecule has 0 N–H and O–H groups in total. The normalized spacial score (nSPS) is 11.5. The van der Waals surface area contributed by atoms with Crippen LogP contribution in [0.25, 0.3) is 143 Å². The quantitative estimate of drug-likeness (QED) is 0.115. The molecule has 18 aromatic rings. The fourth-order valence-corrected chi connectivity index (χ4v) is 14.2. The van der Waals surface area contributed by atoms with Crippen LogP contribution in [0.15, 0.2) is 373 Å². The zero-order chi connectivity index (χ0) is 63.5. The van der Waals surface area contributed by atoms with Crippen molar-refractivity contribution in [2.75, 3.05) is 9.80 Å². The molecule has 0 radical (unpaired) electrons. The van der Waals surface area contributed by atoms with Crippen LogP contribution in [0.5, 0.6) is 0 Å². The van der Waals surface area contributed by atoms with Crippen LogP contribution in [0.2, 0.25) is 0 Å². The van der Waals surface area contributed by atoms with Gasteiger partial charge in [0, 0.05) is 61.2 Å². The van der Waals surface area contributed by atoms with Crippen molar-refractivity contribution in [3.8, 4) is 77.9 Å². The Kier molecular flexibility index (Phi) is 13.8. The summed E-state index contributed by atoms with van der Waals surface area (Å²) in [6.45, 7) is 0. The highest BCUT2D eigenvalue weighted by atomic mass is 16.3. The van der Waals surface area contributed by atoms with Crippen molar-refractivity contribution in [1.29, 1.82) is 0 Å². The monoisotopic (exact) mass is 1220 g/mol. The predicted molar refractivity (Wildman–Crippen MR) is 403 cm³/mol. The van der Waals surface area contributed by atoms with Gasteiger partial charge in [-0.1, -0.05) is 255 Å². The van der Waals surface area contributed by atoms with Gasteiger partial charge >= 0.3 is 0 Å². The van der Waals surface area contributed by atoms with Gasteiger partial charge in [0.25, 0.3) is 0 Å². The summed E-state index contributed by atoms with van der Waals surface area (Å²) in [5, 5.41) is 9.37. The van der Waals surface area contributed by atoms with Crippen LogP contribution in [0, 0.1) is 0 Å². The number of hydrogen-bond donors (Lipinski definition) is 0. The topological polar surface area (TPSA) is 32.8 Å². The van der Waals surface area contributed by atoms with Crippen LogP contribution in [0.4, 0.5) is 34.1 Å². The van der Waals surface area contributed by atoms with E-state index < -0.39 is 0 Å². The third-order valence-corrected chi connectivity index (χ3v) is 19.1. The third kappa shape index (κ3) is 10.2. The minimum atomic E-state index is 0.854. The average Bonchev–Trinajstić information content (AvgIpc) is 1.64. The maximum absolute atomic E-state index is 6.84. The Morgan fingerprint density at radius 1 is 0.167 bits per heavy atom. The summed E-state index contributed by atoms with van der Waals surface area (Å²) in [5.74, 6) is 0. The lowest BCUT2D eigenvalue weighted by atomic mass is 9.97. The molecule has 96 heavy (non-hydrogen) atoms. The highest BCUT2D eigenvalue weighted by Crippen LogP contribution is 2.44. The summed E-state index contributed by atoms with van der Waals surface area (Å²) >= 11 is 0. The Hall–Kier alpha value is -12.8. The molecular weight excluding hydrogens is 1170 g/mol. The van der Waals surface area contributed by atoms with Gasteiger partial charge in [-0.25, -0.2) is 0 Å². The fourth-order valence-electron chi connectivity index (χ4n) is 14.2. The van der Waals surface area contributed by atoms with E-state index in [2.05, 4.69) is 362 Å². The fraction of sp³-hybridized carbons (Fsp3) is 0. The van der Waals surface area contributed by atoms with Gasteiger partial charge in [-0.05, 0) is 203 Å². The number of anilines is 6. The molecule has 0 bridgehead atoms. The second kappa shape index (κ2) is 23.7. The summed E-state index contributed by atoms with van der Waals surface area (Å²) in [6, 6.07) is 131. The average molecular weight is 1230 g/mol. The van der Waals surface area contributed by atoms with Gasteiger partial charge in [-0.3, -0.25) is 0 Å². The lowest BCUT2D eigenvalue weighted by Gasteiger charge is -2.26. The van der Waals surface area contributed by atoms with Gasteiger partial charge in [0.2, 0.25) is 0 Å². The van der Waals surface area contributed by atoms with Crippen molar-refractivity contribution in [2.24, 2.45) is 0 Å². The molecule has 450 valence electrons. The first-order valence-electron chi connectivity index (χ1n) is 32.8. The lowest BCUT2D eigenvalue weighted by Crippen LogP contribution is -2.09. The molecule has 0 saturated carbocycles. The summed E-state index contributed by atoms with van der Waals surface area (Å²) in [6.07, 6.45) is 0. The van der Waals surface area contributed by atoms with Crippen LogP contribution in [0.1, 0.15) is 0 Å². The number of hydrogen-bond acceptors (Lipinski definition) is 4. The molecule has 0 aliphatic heterocycles. The Labute approximate surface area is 556 Å². The third-order valence-electron chi connectivity index (χ3n) is 19.1. The summed E-state index contributed by atoms with van der Waals surface area (Å²) in [7, 11) is 0. The van der Waals surface area contributed by atoms with Gasteiger partial charge in [0.05, 0.1) is 0 Å². The Morgan fingerprint density at radius 2 is 0.500 bits per heavy atom. The zero-order valence-corrected chi connectivity index (χ0v) is 52.4. The summed E-state index contributed by atoms with van der Waals surface area (Å²) in [4.78, 5) is 4.69. The van der Waals surface area contributed by atoms with Crippen LogP contribution < -0.4 is 9.80 Å². The zero-order valence-electron chi connectivity index (χ0n) is 52.4. The number of rotatable bonds is 13. The minimum absolute atomic E-state index is 0.854. The van der Waals surface area contributed by atoms with Crippen molar-refractivity contribution < 1.29 is 8.83 Å². The summed E-state index contributed by atoms with van der Waals surface area (Å²) in [5.41, 5.74) is 26.0.